The summed E-state index contributed by atoms with van der Waals surface area (Å²) in [6.07, 6.45) is 0. The summed E-state index contributed by atoms with van der Waals surface area (Å²) in [4.78, 5) is 4.53. The van der Waals surface area contributed by atoms with Crippen molar-refractivity contribution in [2.75, 3.05) is 12.4 Å². The lowest BCUT2D eigenvalue weighted by Gasteiger charge is -2.08. The molecule has 0 amide bonds. The van der Waals surface area contributed by atoms with Gasteiger partial charge in [-0.3, -0.25) is 0 Å². The molecule has 1 heterocycles. The lowest BCUT2D eigenvalue weighted by atomic mass is 10.2. The molecule has 3 nitrogen and oxygen atoms in total. The maximum absolute atomic E-state index is 6.16. The number of anilines is 1. The van der Waals surface area contributed by atoms with Gasteiger partial charge in [0.05, 0.1) is 22.3 Å². The van der Waals surface area contributed by atoms with Crippen LogP contribution >= 0.6 is 22.9 Å². The molecule has 0 spiro atoms. The van der Waals surface area contributed by atoms with Crippen LogP contribution in [0, 0.1) is 0 Å². The number of para-hydroxylation sites is 1. The molecular weight excluding hydrogens is 292 g/mol. The number of fused-ring (bicyclic) bond motifs is 1. The van der Waals surface area contributed by atoms with E-state index in [0.29, 0.717) is 6.54 Å². The highest BCUT2D eigenvalue weighted by molar-refractivity contribution is 7.22. The number of halogens is 1. The fraction of sp³-hybridized carbons (Fsp3) is 0.133. The number of nitrogens with one attached hydrogen (secondary N) is 1. The lowest BCUT2D eigenvalue weighted by molar-refractivity contribution is 0.410. The number of aromatic nitrogens is 1. The fourth-order valence-corrected chi connectivity index (χ4v) is 3.16. The second kappa shape index (κ2) is 5.69. The molecule has 3 rings (SSSR count). The minimum absolute atomic E-state index is 0.668. The van der Waals surface area contributed by atoms with E-state index < -0.39 is 0 Å². The number of methoxy groups -OCH3 is 1. The highest BCUT2D eigenvalue weighted by Crippen LogP contribution is 2.32. The first-order valence-corrected chi connectivity index (χ1v) is 7.38. The van der Waals surface area contributed by atoms with Crippen LogP contribution in [0.4, 0.5) is 5.13 Å². The maximum atomic E-state index is 6.16. The summed E-state index contributed by atoms with van der Waals surface area (Å²) < 4.78 is 6.34. The molecule has 0 atom stereocenters. The summed E-state index contributed by atoms with van der Waals surface area (Å²) in [5.74, 6) is 0.874. The molecule has 102 valence electrons. The fourth-order valence-electron chi connectivity index (χ4n) is 2.01. The number of hydrogen-bond donors (Lipinski definition) is 1. The Morgan fingerprint density at radius 1 is 1.20 bits per heavy atom. The van der Waals surface area contributed by atoms with Crippen molar-refractivity contribution in [2.24, 2.45) is 0 Å². The van der Waals surface area contributed by atoms with Crippen LogP contribution in [0.2, 0.25) is 5.02 Å². The van der Waals surface area contributed by atoms with E-state index in [1.54, 1.807) is 18.4 Å². The zero-order chi connectivity index (χ0) is 13.9. The third kappa shape index (κ3) is 2.57. The monoisotopic (exact) mass is 304 g/mol. The first kappa shape index (κ1) is 13.2. The van der Waals surface area contributed by atoms with Crippen LogP contribution in [-0.2, 0) is 6.54 Å². The van der Waals surface area contributed by atoms with Gasteiger partial charge in [0.2, 0.25) is 0 Å². The predicted molar refractivity (Wildman–Crippen MR) is 85.0 cm³/mol. The Kier molecular flexibility index (Phi) is 3.76. The number of ether oxygens (including phenoxy) is 1. The van der Waals surface area contributed by atoms with Gasteiger partial charge in [-0.2, -0.15) is 0 Å². The van der Waals surface area contributed by atoms with E-state index in [9.17, 15) is 0 Å². The summed E-state index contributed by atoms with van der Waals surface area (Å²) in [5, 5.41) is 4.92. The second-order valence-corrected chi connectivity index (χ2v) is 5.68. The number of rotatable bonds is 4. The van der Waals surface area contributed by atoms with Gasteiger partial charge in [0, 0.05) is 12.1 Å². The van der Waals surface area contributed by atoms with Crippen LogP contribution in [0.25, 0.3) is 10.2 Å². The summed E-state index contributed by atoms with van der Waals surface area (Å²) in [5.41, 5.74) is 2.02. The van der Waals surface area contributed by atoms with Crippen molar-refractivity contribution >= 4 is 38.3 Å². The summed E-state index contributed by atoms with van der Waals surface area (Å²) in [6, 6.07) is 13.7. The Balaban J connectivity index is 1.82. The average molecular weight is 305 g/mol. The molecule has 3 aromatic rings. The first-order valence-electron chi connectivity index (χ1n) is 6.19. The van der Waals surface area contributed by atoms with Crippen molar-refractivity contribution in [3.05, 3.63) is 53.1 Å². The van der Waals surface area contributed by atoms with Crippen molar-refractivity contribution < 1.29 is 4.74 Å². The number of hydrogen-bond acceptors (Lipinski definition) is 4. The van der Waals surface area contributed by atoms with E-state index in [2.05, 4.69) is 10.3 Å². The highest BCUT2D eigenvalue weighted by atomic mass is 35.5. The number of nitrogens with zero attached hydrogens (tertiary/aromatic N) is 1. The Morgan fingerprint density at radius 2 is 2.05 bits per heavy atom. The smallest absolute Gasteiger partial charge is 0.184 e. The SMILES string of the molecule is COc1ccccc1CNc1nc2cccc(Cl)c2s1. The molecule has 0 radical (unpaired) electrons. The summed E-state index contributed by atoms with van der Waals surface area (Å²) >= 11 is 7.72. The van der Waals surface area contributed by atoms with Gasteiger partial charge < -0.3 is 10.1 Å². The summed E-state index contributed by atoms with van der Waals surface area (Å²) in [7, 11) is 1.68. The topological polar surface area (TPSA) is 34.1 Å². The molecule has 0 aliphatic heterocycles. The molecule has 5 heteroatoms. The third-order valence-corrected chi connectivity index (χ3v) is 4.48. The molecule has 0 saturated carbocycles. The Hall–Kier alpha value is -1.78. The molecule has 2 aromatic carbocycles. The van der Waals surface area contributed by atoms with Crippen molar-refractivity contribution in [2.45, 2.75) is 6.54 Å². The van der Waals surface area contributed by atoms with Crippen molar-refractivity contribution in [1.29, 1.82) is 0 Å². The van der Waals surface area contributed by atoms with Gasteiger partial charge in [0.1, 0.15) is 5.75 Å². The average Bonchev–Trinajstić information content (AvgIpc) is 2.90. The van der Waals surface area contributed by atoms with Crippen LogP contribution < -0.4 is 10.1 Å². The molecule has 0 unspecified atom stereocenters. The highest BCUT2D eigenvalue weighted by Gasteiger charge is 2.07. The number of benzene rings is 2. The molecule has 20 heavy (non-hydrogen) atoms. The van der Waals surface area contributed by atoms with Gasteiger partial charge in [-0.1, -0.05) is 47.2 Å². The largest absolute Gasteiger partial charge is 0.496 e. The number of thiazole rings is 1. The Bertz CT molecular complexity index is 742. The zero-order valence-electron chi connectivity index (χ0n) is 10.9. The van der Waals surface area contributed by atoms with Crippen LogP contribution in [-0.4, -0.2) is 12.1 Å². The zero-order valence-corrected chi connectivity index (χ0v) is 12.5. The second-order valence-electron chi connectivity index (χ2n) is 4.27. The van der Waals surface area contributed by atoms with E-state index in [1.165, 1.54) is 0 Å². The van der Waals surface area contributed by atoms with Crippen molar-refractivity contribution in [3.63, 3.8) is 0 Å². The summed E-state index contributed by atoms with van der Waals surface area (Å²) in [6.45, 7) is 0.668. The van der Waals surface area contributed by atoms with E-state index >= 15 is 0 Å². The molecule has 0 saturated heterocycles. The molecule has 0 fully saturated rings. The van der Waals surface area contributed by atoms with Crippen LogP contribution in [0.5, 0.6) is 5.75 Å². The Labute approximate surface area is 126 Å². The minimum Gasteiger partial charge on any atom is -0.496 e. The van der Waals surface area contributed by atoms with Crippen LogP contribution in [0.3, 0.4) is 0 Å². The lowest BCUT2D eigenvalue weighted by Crippen LogP contribution is -2.00. The van der Waals surface area contributed by atoms with E-state index in [-0.39, 0.29) is 0 Å². The van der Waals surface area contributed by atoms with Gasteiger partial charge in [-0.05, 0) is 18.2 Å². The van der Waals surface area contributed by atoms with Crippen LogP contribution in [0.15, 0.2) is 42.5 Å². The van der Waals surface area contributed by atoms with Gasteiger partial charge in [0.25, 0.3) is 0 Å². The first-order chi connectivity index (χ1) is 9.78. The molecule has 0 aliphatic rings. The van der Waals surface area contributed by atoms with E-state index in [4.69, 9.17) is 16.3 Å². The van der Waals surface area contributed by atoms with Gasteiger partial charge in [0.15, 0.2) is 5.13 Å². The minimum atomic E-state index is 0.668. The molecular formula is C15H13ClN2OS. The van der Waals surface area contributed by atoms with E-state index in [0.717, 1.165) is 31.7 Å². The molecule has 0 bridgehead atoms. The molecule has 1 N–H and O–H groups in total. The van der Waals surface area contributed by atoms with Crippen LogP contribution in [0.1, 0.15) is 5.56 Å². The van der Waals surface area contributed by atoms with Crippen molar-refractivity contribution in [1.82, 2.24) is 4.98 Å². The van der Waals surface area contributed by atoms with E-state index in [1.807, 2.05) is 42.5 Å². The van der Waals surface area contributed by atoms with Gasteiger partial charge >= 0.3 is 0 Å². The maximum Gasteiger partial charge on any atom is 0.184 e. The quantitative estimate of drug-likeness (QED) is 0.766. The van der Waals surface area contributed by atoms with Gasteiger partial charge in [-0.25, -0.2) is 4.98 Å². The molecule has 1 aromatic heterocycles. The third-order valence-electron chi connectivity index (χ3n) is 2.99. The predicted octanol–water partition coefficient (Wildman–Crippen LogP) is 4.57. The normalized spacial score (nSPS) is 10.7. The Morgan fingerprint density at radius 3 is 2.85 bits per heavy atom. The van der Waals surface area contributed by atoms with Gasteiger partial charge in [-0.15, -0.1) is 0 Å². The standard InChI is InChI=1S/C15H13ClN2OS/c1-19-13-8-3-2-5-10(13)9-17-15-18-12-7-4-6-11(16)14(12)20-15/h2-8H,9H2,1H3,(H,17,18). The molecule has 0 aliphatic carbocycles. The van der Waals surface area contributed by atoms with Crippen molar-refractivity contribution in [3.8, 4) is 5.75 Å².